The Morgan fingerprint density at radius 3 is 2.71 bits per heavy atom. The standard InChI is InChI=1S/C20H18N4O4/c1-28-19(27)8-7-15-11-24(10-14-5-3-2-4-6-14)12-16(15)17(25)9-18(26)20-21-13-22-23-20/h2-9,11-13,26H,10H2,1H3,(H,21,22,23). The minimum Gasteiger partial charge on any atom is -0.504 e. The lowest BCUT2D eigenvalue weighted by Crippen LogP contribution is -1.99. The maximum Gasteiger partial charge on any atom is 0.330 e. The van der Waals surface area contributed by atoms with E-state index < -0.39 is 11.8 Å². The van der Waals surface area contributed by atoms with Crippen LogP contribution in [-0.2, 0) is 16.1 Å². The summed E-state index contributed by atoms with van der Waals surface area (Å²) < 4.78 is 6.43. The van der Waals surface area contributed by atoms with Gasteiger partial charge in [-0.15, -0.1) is 0 Å². The number of H-pyrrole nitrogens is 1. The summed E-state index contributed by atoms with van der Waals surface area (Å²) in [6.07, 6.45) is 8.48. The first-order chi connectivity index (χ1) is 13.6. The average molecular weight is 378 g/mol. The first-order valence-corrected chi connectivity index (χ1v) is 8.37. The number of carbonyl (C=O) groups is 2. The van der Waals surface area contributed by atoms with Crippen LogP contribution in [0, 0.1) is 0 Å². The van der Waals surface area contributed by atoms with Crippen molar-refractivity contribution in [3.8, 4) is 0 Å². The number of aromatic amines is 1. The van der Waals surface area contributed by atoms with Crippen LogP contribution in [0.3, 0.4) is 0 Å². The van der Waals surface area contributed by atoms with Crippen molar-refractivity contribution in [1.29, 1.82) is 0 Å². The number of rotatable bonds is 7. The van der Waals surface area contributed by atoms with Crippen molar-refractivity contribution in [1.82, 2.24) is 19.7 Å². The quantitative estimate of drug-likeness (QED) is 0.283. The molecule has 0 amide bonds. The molecule has 0 saturated heterocycles. The molecule has 3 rings (SSSR count). The van der Waals surface area contributed by atoms with E-state index in [9.17, 15) is 14.7 Å². The Bertz CT molecular complexity index is 1020. The van der Waals surface area contributed by atoms with E-state index in [2.05, 4.69) is 19.9 Å². The summed E-state index contributed by atoms with van der Waals surface area (Å²) in [5.41, 5.74) is 1.89. The van der Waals surface area contributed by atoms with E-state index in [-0.39, 0.29) is 11.6 Å². The van der Waals surface area contributed by atoms with Crippen molar-refractivity contribution < 1.29 is 19.4 Å². The van der Waals surface area contributed by atoms with Crippen LogP contribution in [0.1, 0.15) is 27.3 Å². The van der Waals surface area contributed by atoms with Crippen molar-refractivity contribution in [2.75, 3.05) is 7.11 Å². The Morgan fingerprint density at radius 2 is 2.04 bits per heavy atom. The molecule has 0 aliphatic carbocycles. The predicted octanol–water partition coefficient (Wildman–Crippen LogP) is 2.62. The van der Waals surface area contributed by atoms with Gasteiger partial charge in [-0.05, 0) is 11.6 Å². The SMILES string of the molecule is COC(=O)C=Cc1cn(Cc2ccccc2)cc1C(=O)C=C(O)c1nc[nH]n1. The second kappa shape index (κ2) is 8.63. The molecule has 2 aromatic heterocycles. The van der Waals surface area contributed by atoms with Crippen molar-refractivity contribution in [3.05, 3.63) is 83.7 Å². The molecule has 0 spiro atoms. The molecule has 0 atom stereocenters. The molecule has 0 fully saturated rings. The predicted molar refractivity (Wildman–Crippen MR) is 102 cm³/mol. The third-order valence-electron chi connectivity index (χ3n) is 3.90. The molecule has 0 aliphatic rings. The summed E-state index contributed by atoms with van der Waals surface area (Å²) in [4.78, 5) is 27.9. The molecule has 8 nitrogen and oxygen atoms in total. The van der Waals surface area contributed by atoms with Crippen LogP contribution >= 0.6 is 0 Å². The number of ether oxygens (including phenoxy) is 1. The van der Waals surface area contributed by atoms with E-state index in [1.807, 2.05) is 34.9 Å². The molecule has 0 unspecified atom stereocenters. The number of aliphatic hydroxyl groups is 1. The van der Waals surface area contributed by atoms with Gasteiger partial charge in [0.25, 0.3) is 0 Å². The number of aromatic nitrogens is 4. The van der Waals surface area contributed by atoms with Crippen LogP contribution in [0.2, 0.25) is 0 Å². The number of hydrogen-bond donors (Lipinski definition) is 2. The maximum atomic E-state index is 12.7. The second-order valence-corrected chi connectivity index (χ2v) is 5.86. The molecular weight excluding hydrogens is 360 g/mol. The fourth-order valence-electron chi connectivity index (χ4n) is 2.57. The van der Waals surface area contributed by atoms with Crippen LogP contribution in [0.5, 0.6) is 0 Å². The molecule has 142 valence electrons. The molecule has 0 saturated carbocycles. The van der Waals surface area contributed by atoms with Gasteiger partial charge in [-0.25, -0.2) is 9.78 Å². The highest BCUT2D eigenvalue weighted by molar-refractivity contribution is 6.10. The van der Waals surface area contributed by atoms with Crippen LogP contribution in [0.4, 0.5) is 0 Å². The number of nitrogens with zero attached hydrogens (tertiary/aromatic N) is 3. The van der Waals surface area contributed by atoms with Gasteiger partial charge in [-0.2, -0.15) is 5.10 Å². The molecule has 3 aromatic rings. The lowest BCUT2D eigenvalue weighted by molar-refractivity contribution is -0.134. The molecule has 8 heteroatoms. The number of nitrogens with one attached hydrogen (secondary N) is 1. The van der Waals surface area contributed by atoms with Crippen LogP contribution in [0.25, 0.3) is 11.8 Å². The van der Waals surface area contributed by atoms with Gasteiger partial charge >= 0.3 is 5.97 Å². The number of ketones is 1. The molecule has 2 heterocycles. The largest absolute Gasteiger partial charge is 0.504 e. The van der Waals surface area contributed by atoms with Gasteiger partial charge in [-0.1, -0.05) is 30.3 Å². The fraction of sp³-hybridized carbons (Fsp3) is 0.100. The molecule has 0 bridgehead atoms. The smallest absolute Gasteiger partial charge is 0.330 e. The van der Waals surface area contributed by atoms with E-state index in [0.717, 1.165) is 11.6 Å². The number of benzene rings is 1. The molecule has 28 heavy (non-hydrogen) atoms. The summed E-state index contributed by atoms with van der Waals surface area (Å²) in [6, 6.07) is 9.73. The van der Waals surface area contributed by atoms with Gasteiger partial charge in [0.2, 0.25) is 5.82 Å². The highest BCUT2D eigenvalue weighted by Gasteiger charge is 2.14. The number of methoxy groups -OCH3 is 1. The van der Waals surface area contributed by atoms with Crippen molar-refractivity contribution in [3.63, 3.8) is 0 Å². The summed E-state index contributed by atoms with van der Waals surface area (Å²) in [6.45, 7) is 0.545. The first-order valence-electron chi connectivity index (χ1n) is 8.37. The van der Waals surface area contributed by atoms with E-state index in [4.69, 9.17) is 0 Å². The third kappa shape index (κ3) is 4.61. The molecule has 0 aliphatic heterocycles. The Hall–Kier alpha value is -3.94. The number of hydrogen-bond acceptors (Lipinski definition) is 6. The summed E-state index contributed by atoms with van der Waals surface area (Å²) >= 11 is 0. The minimum atomic E-state index is -0.534. The monoisotopic (exact) mass is 378 g/mol. The van der Waals surface area contributed by atoms with Gasteiger partial charge in [0, 0.05) is 42.2 Å². The van der Waals surface area contributed by atoms with Crippen molar-refractivity contribution >= 4 is 23.6 Å². The first kappa shape index (κ1) is 18.8. The van der Waals surface area contributed by atoms with E-state index in [1.165, 1.54) is 25.6 Å². The van der Waals surface area contributed by atoms with Gasteiger partial charge in [0.05, 0.1) is 7.11 Å². The van der Waals surface area contributed by atoms with Gasteiger partial charge < -0.3 is 14.4 Å². The van der Waals surface area contributed by atoms with E-state index in [0.29, 0.717) is 17.7 Å². The number of carbonyl (C=O) groups excluding carboxylic acids is 2. The zero-order valence-corrected chi connectivity index (χ0v) is 15.1. The Balaban J connectivity index is 1.92. The summed E-state index contributed by atoms with van der Waals surface area (Å²) in [5.74, 6) is -1.32. The molecule has 0 radical (unpaired) electrons. The molecule has 2 N–H and O–H groups in total. The van der Waals surface area contributed by atoms with Crippen molar-refractivity contribution in [2.45, 2.75) is 6.54 Å². The highest BCUT2D eigenvalue weighted by Crippen LogP contribution is 2.18. The Morgan fingerprint density at radius 1 is 1.25 bits per heavy atom. The Kier molecular flexibility index (Phi) is 5.81. The lowest BCUT2D eigenvalue weighted by atomic mass is 10.1. The van der Waals surface area contributed by atoms with Crippen LogP contribution < -0.4 is 0 Å². The average Bonchev–Trinajstić information content (AvgIpc) is 3.37. The number of esters is 1. The zero-order chi connectivity index (χ0) is 19.9. The van der Waals surface area contributed by atoms with E-state index in [1.54, 1.807) is 12.4 Å². The summed E-state index contributed by atoms with van der Waals surface area (Å²) in [7, 11) is 1.27. The minimum absolute atomic E-state index is 0.0173. The molecule has 1 aromatic carbocycles. The van der Waals surface area contributed by atoms with Gasteiger partial charge in [-0.3, -0.25) is 9.89 Å². The van der Waals surface area contributed by atoms with Crippen molar-refractivity contribution in [2.24, 2.45) is 0 Å². The Labute approximate surface area is 160 Å². The highest BCUT2D eigenvalue weighted by atomic mass is 16.5. The topological polar surface area (TPSA) is 110 Å². The maximum absolute atomic E-state index is 12.7. The van der Waals surface area contributed by atoms with Crippen LogP contribution in [0.15, 0.2) is 61.2 Å². The third-order valence-corrected chi connectivity index (χ3v) is 3.90. The zero-order valence-electron chi connectivity index (χ0n) is 15.1. The fourth-order valence-corrected chi connectivity index (χ4v) is 2.57. The normalized spacial score (nSPS) is 11.7. The van der Waals surface area contributed by atoms with E-state index >= 15 is 0 Å². The van der Waals surface area contributed by atoms with Gasteiger partial charge in [0.15, 0.2) is 11.5 Å². The number of allylic oxidation sites excluding steroid dienone is 1. The molecular formula is C20H18N4O4. The van der Waals surface area contributed by atoms with Gasteiger partial charge in [0.1, 0.15) is 6.33 Å². The lowest BCUT2D eigenvalue weighted by Gasteiger charge is -2.02. The summed E-state index contributed by atoms with van der Waals surface area (Å²) in [5, 5.41) is 16.2. The number of aliphatic hydroxyl groups excluding tert-OH is 1. The van der Waals surface area contributed by atoms with Crippen LogP contribution in [-0.4, -0.2) is 43.7 Å². The second-order valence-electron chi connectivity index (χ2n) is 5.86.